The van der Waals surface area contributed by atoms with Crippen molar-refractivity contribution in [3.63, 3.8) is 0 Å². The second-order valence-electron chi connectivity index (χ2n) is 4.63. The van der Waals surface area contributed by atoms with Crippen LogP contribution in [0.15, 0.2) is 24.3 Å². The van der Waals surface area contributed by atoms with E-state index in [1.54, 1.807) is 0 Å². The number of phenolic OH excluding ortho intramolecular Hbond substituents is 1. The number of hydrogen-bond acceptors (Lipinski definition) is 3. The number of benzene rings is 1. The van der Waals surface area contributed by atoms with Gasteiger partial charge in [0, 0.05) is 31.7 Å². The van der Waals surface area contributed by atoms with E-state index in [0.717, 1.165) is 0 Å². The highest BCUT2D eigenvalue weighted by Crippen LogP contribution is 2.20. The fourth-order valence-corrected chi connectivity index (χ4v) is 2.11. The molecule has 0 spiro atoms. The van der Waals surface area contributed by atoms with Gasteiger partial charge in [-0.15, -0.1) is 0 Å². The standard InChI is InChI=1S/C13H13F3N2O3/c14-13(15,16)12(21)18-6-4-17(5-7-18)11(20)9-2-1-3-10(19)8-9/h1-3,8,19H,4-7H2. The largest absolute Gasteiger partial charge is 0.508 e. The van der Waals surface area contributed by atoms with Crippen LogP contribution in [-0.4, -0.2) is 59.1 Å². The monoisotopic (exact) mass is 302 g/mol. The molecule has 5 nitrogen and oxygen atoms in total. The Bertz CT molecular complexity index is 552. The van der Waals surface area contributed by atoms with E-state index in [0.29, 0.717) is 4.90 Å². The van der Waals surface area contributed by atoms with E-state index in [2.05, 4.69) is 0 Å². The van der Waals surface area contributed by atoms with E-state index in [1.165, 1.54) is 29.2 Å². The first-order valence-corrected chi connectivity index (χ1v) is 6.23. The summed E-state index contributed by atoms with van der Waals surface area (Å²) in [6.07, 6.45) is -4.89. The molecule has 2 amide bonds. The van der Waals surface area contributed by atoms with Gasteiger partial charge in [-0.1, -0.05) is 6.07 Å². The summed E-state index contributed by atoms with van der Waals surface area (Å²) in [5.41, 5.74) is 0.255. The molecular formula is C13H13F3N2O3. The van der Waals surface area contributed by atoms with Gasteiger partial charge in [-0.25, -0.2) is 0 Å². The molecule has 21 heavy (non-hydrogen) atoms. The Morgan fingerprint density at radius 1 is 1.05 bits per heavy atom. The van der Waals surface area contributed by atoms with Crippen molar-refractivity contribution in [2.45, 2.75) is 6.18 Å². The number of nitrogens with zero attached hydrogens (tertiary/aromatic N) is 2. The SMILES string of the molecule is O=C(c1cccc(O)c1)N1CCN(C(=O)C(F)(F)F)CC1. The molecule has 0 bridgehead atoms. The molecule has 1 saturated heterocycles. The molecule has 1 fully saturated rings. The van der Waals surface area contributed by atoms with E-state index in [1.807, 2.05) is 0 Å². The van der Waals surface area contributed by atoms with Crippen molar-refractivity contribution in [1.82, 2.24) is 9.80 Å². The molecule has 1 aromatic carbocycles. The lowest BCUT2D eigenvalue weighted by Crippen LogP contribution is -2.53. The van der Waals surface area contributed by atoms with Crippen molar-refractivity contribution in [3.05, 3.63) is 29.8 Å². The van der Waals surface area contributed by atoms with Crippen LogP contribution in [0.4, 0.5) is 13.2 Å². The molecule has 1 aliphatic heterocycles. The predicted octanol–water partition coefficient (Wildman–Crippen LogP) is 1.24. The molecule has 0 atom stereocenters. The predicted molar refractivity (Wildman–Crippen MR) is 66.6 cm³/mol. The zero-order chi connectivity index (χ0) is 15.6. The quantitative estimate of drug-likeness (QED) is 0.849. The summed E-state index contributed by atoms with van der Waals surface area (Å²) in [6, 6.07) is 5.72. The third-order valence-corrected chi connectivity index (χ3v) is 3.19. The molecule has 1 aromatic rings. The van der Waals surface area contributed by atoms with Gasteiger partial charge in [-0.3, -0.25) is 9.59 Å². The molecule has 0 radical (unpaired) electrons. The maximum absolute atomic E-state index is 12.3. The Labute approximate surface area is 118 Å². The molecule has 1 heterocycles. The smallest absolute Gasteiger partial charge is 0.471 e. The van der Waals surface area contributed by atoms with Gasteiger partial charge in [0.15, 0.2) is 0 Å². The van der Waals surface area contributed by atoms with Gasteiger partial charge in [0.05, 0.1) is 0 Å². The number of carbonyl (C=O) groups is 2. The maximum Gasteiger partial charge on any atom is 0.471 e. The van der Waals surface area contributed by atoms with Crippen molar-refractivity contribution in [3.8, 4) is 5.75 Å². The fraction of sp³-hybridized carbons (Fsp3) is 0.385. The minimum atomic E-state index is -4.89. The lowest BCUT2D eigenvalue weighted by atomic mass is 10.1. The summed E-state index contributed by atoms with van der Waals surface area (Å²) < 4.78 is 36.9. The number of phenols is 1. The van der Waals surface area contributed by atoms with Crippen LogP contribution in [0.1, 0.15) is 10.4 Å². The van der Waals surface area contributed by atoms with E-state index in [9.17, 15) is 27.9 Å². The number of halogens is 3. The molecule has 0 aromatic heterocycles. The highest BCUT2D eigenvalue weighted by Gasteiger charge is 2.43. The first-order chi connectivity index (χ1) is 9.79. The molecule has 0 aliphatic carbocycles. The number of carbonyl (C=O) groups excluding carboxylic acids is 2. The molecule has 2 rings (SSSR count). The zero-order valence-electron chi connectivity index (χ0n) is 10.9. The maximum atomic E-state index is 12.3. The van der Waals surface area contributed by atoms with Crippen LogP contribution in [0.25, 0.3) is 0 Å². The Hall–Kier alpha value is -2.25. The number of aromatic hydroxyl groups is 1. The highest BCUT2D eigenvalue weighted by molar-refractivity contribution is 5.94. The first-order valence-electron chi connectivity index (χ1n) is 6.23. The topological polar surface area (TPSA) is 60.9 Å². The van der Waals surface area contributed by atoms with Crippen LogP contribution in [0.2, 0.25) is 0 Å². The third kappa shape index (κ3) is 3.45. The van der Waals surface area contributed by atoms with Crippen LogP contribution in [0.3, 0.4) is 0 Å². The van der Waals surface area contributed by atoms with Gasteiger partial charge in [-0.2, -0.15) is 13.2 Å². The normalized spacial score (nSPS) is 16.0. The van der Waals surface area contributed by atoms with E-state index in [4.69, 9.17) is 0 Å². The number of rotatable bonds is 1. The molecule has 0 unspecified atom stereocenters. The van der Waals surface area contributed by atoms with Crippen LogP contribution < -0.4 is 0 Å². The lowest BCUT2D eigenvalue weighted by molar-refractivity contribution is -0.186. The summed E-state index contributed by atoms with van der Waals surface area (Å²) >= 11 is 0. The van der Waals surface area contributed by atoms with E-state index in [-0.39, 0.29) is 43.4 Å². The second-order valence-corrected chi connectivity index (χ2v) is 4.63. The van der Waals surface area contributed by atoms with Gasteiger partial charge in [0.1, 0.15) is 5.75 Å². The van der Waals surface area contributed by atoms with E-state index < -0.39 is 12.1 Å². The Kier molecular flexibility index (Phi) is 4.06. The van der Waals surface area contributed by atoms with Crippen LogP contribution >= 0.6 is 0 Å². The molecule has 1 N–H and O–H groups in total. The van der Waals surface area contributed by atoms with Crippen LogP contribution in [0.5, 0.6) is 5.75 Å². The minimum Gasteiger partial charge on any atom is -0.508 e. The van der Waals surface area contributed by atoms with Gasteiger partial charge in [-0.05, 0) is 18.2 Å². The fourth-order valence-electron chi connectivity index (χ4n) is 2.11. The van der Waals surface area contributed by atoms with Gasteiger partial charge in [0.2, 0.25) is 0 Å². The van der Waals surface area contributed by atoms with E-state index >= 15 is 0 Å². The summed E-state index contributed by atoms with van der Waals surface area (Å²) in [6.45, 7) is -0.279. The van der Waals surface area contributed by atoms with Gasteiger partial charge in [0.25, 0.3) is 5.91 Å². The van der Waals surface area contributed by atoms with Crippen molar-refractivity contribution in [2.75, 3.05) is 26.2 Å². The third-order valence-electron chi connectivity index (χ3n) is 3.19. The van der Waals surface area contributed by atoms with Crippen molar-refractivity contribution in [1.29, 1.82) is 0 Å². The Morgan fingerprint density at radius 2 is 1.62 bits per heavy atom. The molecule has 114 valence electrons. The first kappa shape index (κ1) is 15.1. The molecule has 8 heteroatoms. The minimum absolute atomic E-state index is 0.0241. The zero-order valence-corrected chi connectivity index (χ0v) is 10.9. The van der Waals surface area contributed by atoms with Crippen molar-refractivity contribution < 1.29 is 27.9 Å². The number of hydrogen-bond donors (Lipinski definition) is 1. The Balaban J connectivity index is 1.98. The molecule has 0 saturated carbocycles. The summed E-state index contributed by atoms with van der Waals surface area (Å²) in [4.78, 5) is 25.2. The van der Waals surface area contributed by atoms with Gasteiger partial charge < -0.3 is 14.9 Å². The Morgan fingerprint density at radius 3 is 2.14 bits per heavy atom. The second kappa shape index (κ2) is 5.63. The highest BCUT2D eigenvalue weighted by atomic mass is 19.4. The van der Waals surface area contributed by atoms with Crippen molar-refractivity contribution in [2.24, 2.45) is 0 Å². The summed E-state index contributed by atoms with van der Waals surface area (Å²) in [5.74, 6) is -2.33. The summed E-state index contributed by atoms with van der Waals surface area (Å²) in [7, 11) is 0. The number of piperazine rings is 1. The average Bonchev–Trinajstić information content (AvgIpc) is 2.45. The molecular weight excluding hydrogens is 289 g/mol. The average molecular weight is 302 g/mol. The van der Waals surface area contributed by atoms with Gasteiger partial charge >= 0.3 is 12.1 Å². The molecule has 1 aliphatic rings. The van der Waals surface area contributed by atoms with Crippen LogP contribution in [-0.2, 0) is 4.79 Å². The number of alkyl halides is 3. The lowest BCUT2D eigenvalue weighted by Gasteiger charge is -2.35. The van der Waals surface area contributed by atoms with Crippen molar-refractivity contribution >= 4 is 11.8 Å². The summed E-state index contributed by atoms with van der Waals surface area (Å²) in [5, 5.41) is 9.32. The van der Waals surface area contributed by atoms with Crippen LogP contribution in [0, 0.1) is 0 Å². The number of amides is 2.